The molecule has 1 aliphatic rings. The van der Waals surface area contributed by atoms with Crippen LogP contribution in [0.25, 0.3) is 16.6 Å². The Balaban J connectivity index is 1.39. The van der Waals surface area contributed by atoms with Crippen molar-refractivity contribution in [1.29, 1.82) is 0 Å². The van der Waals surface area contributed by atoms with Crippen molar-refractivity contribution in [1.82, 2.24) is 14.5 Å². The van der Waals surface area contributed by atoms with Gasteiger partial charge in [-0.3, -0.25) is 19.0 Å². The SMILES string of the molecule is COc1cccc(NC(=O)Cn2c(=O)n(-c3ccc(CC(=O)NC[C@H]4CCCO4)cc3)c(=O)c3ccccc32)c1. The van der Waals surface area contributed by atoms with Gasteiger partial charge >= 0.3 is 5.69 Å². The molecule has 1 aromatic heterocycles. The summed E-state index contributed by atoms with van der Waals surface area (Å²) in [5, 5.41) is 5.96. The summed E-state index contributed by atoms with van der Waals surface area (Å²) in [6.07, 6.45) is 2.17. The highest BCUT2D eigenvalue weighted by Crippen LogP contribution is 2.17. The zero-order valence-electron chi connectivity index (χ0n) is 22.1. The Morgan fingerprint density at radius 1 is 1.00 bits per heavy atom. The molecule has 0 saturated carbocycles. The second-order valence-electron chi connectivity index (χ2n) is 9.59. The molecule has 1 atom stereocenters. The topological polar surface area (TPSA) is 121 Å². The third kappa shape index (κ3) is 5.97. The van der Waals surface area contributed by atoms with Gasteiger partial charge in [0.25, 0.3) is 5.56 Å². The number of para-hydroxylation sites is 1. The van der Waals surface area contributed by atoms with Crippen LogP contribution in [0.5, 0.6) is 5.75 Å². The van der Waals surface area contributed by atoms with Crippen LogP contribution < -0.4 is 26.6 Å². The van der Waals surface area contributed by atoms with E-state index in [1.807, 2.05) is 0 Å². The van der Waals surface area contributed by atoms with Gasteiger partial charge in [0.15, 0.2) is 0 Å². The van der Waals surface area contributed by atoms with E-state index in [1.165, 1.54) is 11.7 Å². The zero-order chi connectivity index (χ0) is 28.1. The maximum Gasteiger partial charge on any atom is 0.336 e. The molecule has 2 heterocycles. The quantitative estimate of drug-likeness (QED) is 0.336. The minimum absolute atomic E-state index is 0.0610. The van der Waals surface area contributed by atoms with E-state index in [9.17, 15) is 19.2 Å². The molecule has 1 saturated heterocycles. The maximum absolute atomic E-state index is 13.6. The second-order valence-corrected chi connectivity index (χ2v) is 9.59. The van der Waals surface area contributed by atoms with Gasteiger partial charge in [-0.25, -0.2) is 9.36 Å². The Labute approximate surface area is 230 Å². The van der Waals surface area contributed by atoms with E-state index >= 15 is 0 Å². The van der Waals surface area contributed by atoms with Gasteiger partial charge in [-0.1, -0.05) is 30.3 Å². The predicted molar refractivity (Wildman–Crippen MR) is 151 cm³/mol. The molecule has 4 aromatic rings. The first-order valence-electron chi connectivity index (χ1n) is 13.1. The van der Waals surface area contributed by atoms with Gasteiger partial charge in [0.1, 0.15) is 12.3 Å². The van der Waals surface area contributed by atoms with E-state index in [-0.39, 0.29) is 25.0 Å². The molecular weight excluding hydrogens is 512 g/mol. The number of methoxy groups -OCH3 is 1. The second kappa shape index (κ2) is 12.0. The monoisotopic (exact) mass is 542 g/mol. The van der Waals surface area contributed by atoms with Gasteiger partial charge in [-0.15, -0.1) is 0 Å². The molecule has 0 bridgehead atoms. The third-order valence-corrected chi connectivity index (χ3v) is 6.82. The highest BCUT2D eigenvalue weighted by molar-refractivity contribution is 5.92. The van der Waals surface area contributed by atoms with Crippen LogP contribution in [-0.2, 0) is 27.3 Å². The number of fused-ring (bicyclic) bond motifs is 1. The standard InChI is InChI=1S/C30H30N4O6/c1-39-23-7-4-6-21(17-23)32-28(36)19-33-26-10-3-2-9-25(26)29(37)34(30(33)38)22-13-11-20(12-14-22)16-27(35)31-18-24-8-5-15-40-24/h2-4,6-7,9-14,17,24H,5,8,15-16,18-19H2,1H3,(H,31,35)(H,32,36)/t24-/m1/s1. The summed E-state index contributed by atoms with van der Waals surface area (Å²) in [5.74, 6) is 0.0170. The minimum Gasteiger partial charge on any atom is -0.497 e. The third-order valence-electron chi connectivity index (χ3n) is 6.82. The number of carbonyl (C=O) groups is 2. The van der Waals surface area contributed by atoms with Gasteiger partial charge in [0.05, 0.1) is 36.2 Å². The average Bonchev–Trinajstić information content (AvgIpc) is 3.49. The van der Waals surface area contributed by atoms with Crippen LogP contribution in [-0.4, -0.2) is 47.3 Å². The fourth-order valence-electron chi connectivity index (χ4n) is 4.79. The average molecular weight is 543 g/mol. The lowest BCUT2D eigenvalue weighted by atomic mass is 10.1. The van der Waals surface area contributed by atoms with E-state index in [0.717, 1.165) is 29.6 Å². The molecule has 1 fully saturated rings. The van der Waals surface area contributed by atoms with Crippen molar-refractivity contribution in [3.8, 4) is 11.4 Å². The van der Waals surface area contributed by atoms with Gasteiger partial charge in [-0.2, -0.15) is 0 Å². The largest absolute Gasteiger partial charge is 0.497 e. The molecule has 10 heteroatoms. The molecule has 0 radical (unpaired) electrons. The summed E-state index contributed by atoms with van der Waals surface area (Å²) in [5.41, 5.74) is 0.810. The van der Waals surface area contributed by atoms with E-state index in [4.69, 9.17) is 9.47 Å². The fraction of sp³-hybridized carbons (Fsp3) is 0.267. The number of amides is 2. The Morgan fingerprint density at radius 3 is 2.55 bits per heavy atom. The number of nitrogens with one attached hydrogen (secondary N) is 2. The van der Waals surface area contributed by atoms with E-state index < -0.39 is 17.2 Å². The smallest absolute Gasteiger partial charge is 0.336 e. The van der Waals surface area contributed by atoms with Crippen LogP contribution in [0.4, 0.5) is 5.69 Å². The number of nitrogens with zero attached hydrogens (tertiary/aromatic N) is 2. The lowest BCUT2D eigenvalue weighted by molar-refractivity contribution is -0.121. The van der Waals surface area contributed by atoms with Crippen LogP contribution >= 0.6 is 0 Å². The van der Waals surface area contributed by atoms with Crippen LogP contribution in [0, 0.1) is 0 Å². The minimum atomic E-state index is -0.647. The lowest BCUT2D eigenvalue weighted by Crippen LogP contribution is -2.40. The summed E-state index contributed by atoms with van der Waals surface area (Å²) in [7, 11) is 1.53. The van der Waals surface area contributed by atoms with E-state index in [1.54, 1.807) is 72.8 Å². The molecule has 5 rings (SSSR count). The summed E-state index contributed by atoms with van der Waals surface area (Å²) in [6, 6.07) is 20.2. The number of ether oxygens (including phenoxy) is 2. The molecule has 0 spiro atoms. The van der Waals surface area contributed by atoms with Gasteiger partial charge in [-0.05, 0) is 54.8 Å². The van der Waals surface area contributed by atoms with Crippen molar-refractivity contribution in [2.75, 3.05) is 25.6 Å². The summed E-state index contributed by atoms with van der Waals surface area (Å²) in [4.78, 5) is 52.3. The number of anilines is 1. The van der Waals surface area contributed by atoms with Crippen molar-refractivity contribution in [3.63, 3.8) is 0 Å². The Kier molecular flexibility index (Phi) is 8.07. The summed E-state index contributed by atoms with van der Waals surface area (Å²) in [6.45, 7) is 0.902. The molecular formula is C30H30N4O6. The number of hydrogen-bond donors (Lipinski definition) is 2. The zero-order valence-corrected chi connectivity index (χ0v) is 22.1. The number of rotatable bonds is 9. The highest BCUT2D eigenvalue weighted by Gasteiger charge is 2.18. The normalized spacial score (nSPS) is 14.7. The van der Waals surface area contributed by atoms with Crippen molar-refractivity contribution >= 4 is 28.4 Å². The van der Waals surface area contributed by atoms with E-state index in [0.29, 0.717) is 34.6 Å². The van der Waals surface area contributed by atoms with Crippen molar-refractivity contribution in [2.24, 2.45) is 0 Å². The van der Waals surface area contributed by atoms with Crippen molar-refractivity contribution in [3.05, 3.63) is 99.2 Å². The van der Waals surface area contributed by atoms with Gasteiger partial charge in [0.2, 0.25) is 11.8 Å². The first-order valence-corrected chi connectivity index (χ1v) is 13.1. The van der Waals surface area contributed by atoms with E-state index in [2.05, 4.69) is 10.6 Å². The van der Waals surface area contributed by atoms with Crippen molar-refractivity contribution < 1.29 is 19.1 Å². The van der Waals surface area contributed by atoms with Crippen LogP contribution in [0.1, 0.15) is 18.4 Å². The first-order chi connectivity index (χ1) is 19.4. The number of carbonyl (C=O) groups excluding carboxylic acids is 2. The Morgan fingerprint density at radius 2 is 1.80 bits per heavy atom. The summed E-state index contributed by atoms with van der Waals surface area (Å²) >= 11 is 0. The molecule has 0 unspecified atom stereocenters. The van der Waals surface area contributed by atoms with Crippen LogP contribution in [0.2, 0.25) is 0 Å². The predicted octanol–water partition coefficient (Wildman–Crippen LogP) is 2.64. The first kappa shape index (κ1) is 26.9. The Hall–Kier alpha value is -4.70. The Bertz CT molecular complexity index is 1650. The molecule has 206 valence electrons. The maximum atomic E-state index is 13.6. The van der Waals surface area contributed by atoms with Gasteiger partial charge < -0.3 is 20.1 Å². The molecule has 0 aliphatic carbocycles. The molecule has 40 heavy (non-hydrogen) atoms. The molecule has 3 aromatic carbocycles. The molecule has 1 aliphatic heterocycles. The fourth-order valence-corrected chi connectivity index (χ4v) is 4.79. The van der Waals surface area contributed by atoms with Crippen LogP contribution in [0.3, 0.4) is 0 Å². The number of aromatic nitrogens is 2. The number of benzene rings is 3. The molecule has 10 nitrogen and oxygen atoms in total. The molecule has 2 amide bonds. The summed E-state index contributed by atoms with van der Waals surface area (Å²) < 4.78 is 13.1. The van der Waals surface area contributed by atoms with Crippen LogP contribution in [0.15, 0.2) is 82.4 Å². The number of hydrogen-bond acceptors (Lipinski definition) is 6. The molecule has 2 N–H and O–H groups in total. The highest BCUT2D eigenvalue weighted by atomic mass is 16.5. The lowest BCUT2D eigenvalue weighted by Gasteiger charge is -2.15. The van der Waals surface area contributed by atoms with Gasteiger partial charge in [0, 0.05) is 24.9 Å². The van der Waals surface area contributed by atoms with Crippen molar-refractivity contribution in [2.45, 2.75) is 31.9 Å².